The smallest absolute Gasteiger partial charge is 0.311 e. The van der Waals surface area contributed by atoms with Gasteiger partial charge in [0.25, 0.3) is 0 Å². The van der Waals surface area contributed by atoms with Crippen molar-refractivity contribution in [2.45, 2.75) is 12.3 Å². The molecule has 0 heterocycles. The molecule has 0 amide bonds. The van der Waals surface area contributed by atoms with Crippen LogP contribution >= 0.6 is 15.9 Å². The van der Waals surface area contributed by atoms with Crippen molar-refractivity contribution < 1.29 is 19.7 Å². The Morgan fingerprint density at radius 1 is 1.41 bits per heavy atom. The van der Waals surface area contributed by atoms with Crippen molar-refractivity contribution in [3.8, 4) is 0 Å². The summed E-state index contributed by atoms with van der Waals surface area (Å²) >= 11 is 3.32. The molecule has 94 valence electrons. The van der Waals surface area contributed by atoms with Gasteiger partial charge >= 0.3 is 5.97 Å². The summed E-state index contributed by atoms with van der Waals surface area (Å²) in [5.41, 5.74) is 0.750. The number of carbonyl (C=O) groups is 1. The van der Waals surface area contributed by atoms with Crippen LogP contribution in [0, 0.1) is 0 Å². The van der Waals surface area contributed by atoms with Crippen LogP contribution in [0.25, 0.3) is 0 Å². The molecule has 4 nitrogen and oxygen atoms in total. The van der Waals surface area contributed by atoms with E-state index in [1.165, 1.54) is 0 Å². The average molecular weight is 303 g/mol. The van der Waals surface area contributed by atoms with Crippen molar-refractivity contribution in [2.75, 3.05) is 19.8 Å². The zero-order valence-electron chi connectivity index (χ0n) is 9.30. The largest absolute Gasteiger partial charge is 0.481 e. The van der Waals surface area contributed by atoms with Crippen molar-refractivity contribution >= 4 is 21.9 Å². The fourth-order valence-corrected chi connectivity index (χ4v) is 1.94. The van der Waals surface area contributed by atoms with Gasteiger partial charge in [-0.2, -0.15) is 0 Å². The average Bonchev–Trinajstić information content (AvgIpc) is 2.28. The van der Waals surface area contributed by atoms with Crippen LogP contribution in [0.4, 0.5) is 0 Å². The Labute approximate surface area is 108 Å². The van der Waals surface area contributed by atoms with Crippen molar-refractivity contribution in [3.05, 3.63) is 34.3 Å². The molecule has 0 bridgehead atoms. The number of carboxylic acid groups (broad SMARTS) is 1. The number of hydrogen-bond donors (Lipinski definition) is 2. The van der Waals surface area contributed by atoms with E-state index in [0.29, 0.717) is 13.0 Å². The minimum Gasteiger partial charge on any atom is -0.481 e. The van der Waals surface area contributed by atoms with Gasteiger partial charge in [0.15, 0.2) is 0 Å². The van der Waals surface area contributed by atoms with Gasteiger partial charge in [-0.05, 0) is 24.1 Å². The molecule has 0 fully saturated rings. The molecule has 2 N–H and O–H groups in total. The fourth-order valence-electron chi connectivity index (χ4n) is 1.52. The van der Waals surface area contributed by atoms with Crippen LogP contribution in [0.5, 0.6) is 0 Å². The summed E-state index contributed by atoms with van der Waals surface area (Å²) in [5.74, 6) is -1.44. The molecule has 0 aliphatic rings. The number of aliphatic hydroxyl groups excluding tert-OH is 1. The highest BCUT2D eigenvalue weighted by atomic mass is 79.9. The second-order valence-corrected chi connectivity index (χ2v) is 4.49. The lowest BCUT2D eigenvalue weighted by Gasteiger charge is -2.13. The van der Waals surface area contributed by atoms with Crippen molar-refractivity contribution in [1.29, 1.82) is 0 Å². The third-order valence-electron chi connectivity index (χ3n) is 2.34. The van der Waals surface area contributed by atoms with E-state index < -0.39 is 11.9 Å². The maximum Gasteiger partial charge on any atom is 0.311 e. The number of carboxylic acids is 1. The maximum absolute atomic E-state index is 11.2. The minimum absolute atomic E-state index is 0.0470. The van der Waals surface area contributed by atoms with Crippen LogP contribution in [0.3, 0.4) is 0 Å². The van der Waals surface area contributed by atoms with E-state index in [1.54, 1.807) is 12.1 Å². The minimum atomic E-state index is -0.865. The van der Waals surface area contributed by atoms with E-state index in [1.807, 2.05) is 12.1 Å². The molecule has 1 aromatic rings. The summed E-state index contributed by atoms with van der Waals surface area (Å²) in [7, 11) is 0. The normalized spacial score (nSPS) is 12.4. The van der Waals surface area contributed by atoms with Gasteiger partial charge in [-0.1, -0.05) is 28.1 Å². The third-order valence-corrected chi connectivity index (χ3v) is 2.83. The van der Waals surface area contributed by atoms with Gasteiger partial charge in [0.1, 0.15) is 0 Å². The number of benzene rings is 1. The topological polar surface area (TPSA) is 66.8 Å². The number of rotatable bonds is 7. The molecule has 1 unspecified atom stereocenters. The van der Waals surface area contributed by atoms with Gasteiger partial charge in [-0.3, -0.25) is 4.79 Å². The van der Waals surface area contributed by atoms with E-state index in [-0.39, 0.29) is 13.2 Å². The molecular formula is C12H15BrO4. The first-order chi connectivity index (χ1) is 8.15. The standard InChI is InChI=1S/C12H15BrO4/c13-10-3-1-2-9(8-10)11(12(15)16)4-6-17-7-5-14/h1-3,8,11,14H,4-7H2,(H,15,16). The molecule has 1 atom stereocenters. The predicted molar refractivity (Wildman–Crippen MR) is 67.0 cm³/mol. The molecule has 0 aromatic heterocycles. The quantitative estimate of drug-likeness (QED) is 0.756. The first kappa shape index (κ1) is 14.2. The monoisotopic (exact) mass is 302 g/mol. The van der Waals surface area contributed by atoms with Crippen LogP contribution in [0.2, 0.25) is 0 Å². The number of hydrogen-bond acceptors (Lipinski definition) is 3. The Bertz CT molecular complexity index is 367. The first-order valence-electron chi connectivity index (χ1n) is 5.32. The predicted octanol–water partition coefficient (Wildman–Crippen LogP) is 2.02. The van der Waals surface area contributed by atoms with E-state index >= 15 is 0 Å². The second kappa shape index (κ2) is 7.42. The van der Waals surface area contributed by atoms with Gasteiger partial charge in [-0.15, -0.1) is 0 Å². The van der Waals surface area contributed by atoms with Crippen LogP contribution in [0.1, 0.15) is 17.9 Å². The summed E-state index contributed by atoms with van der Waals surface area (Å²) < 4.78 is 5.95. The van der Waals surface area contributed by atoms with E-state index in [2.05, 4.69) is 15.9 Å². The zero-order chi connectivity index (χ0) is 12.7. The van der Waals surface area contributed by atoms with Crippen molar-refractivity contribution in [3.63, 3.8) is 0 Å². The Hall–Kier alpha value is -0.910. The van der Waals surface area contributed by atoms with Crippen molar-refractivity contribution in [1.82, 2.24) is 0 Å². The first-order valence-corrected chi connectivity index (χ1v) is 6.11. The second-order valence-electron chi connectivity index (χ2n) is 3.57. The summed E-state index contributed by atoms with van der Waals surface area (Å²) in [4.78, 5) is 11.2. The van der Waals surface area contributed by atoms with Gasteiger partial charge in [0.2, 0.25) is 0 Å². The lowest BCUT2D eigenvalue weighted by Crippen LogP contribution is -2.15. The SMILES string of the molecule is O=C(O)C(CCOCCO)c1cccc(Br)c1. The Morgan fingerprint density at radius 2 is 2.18 bits per heavy atom. The lowest BCUT2D eigenvalue weighted by molar-refractivity contribution is -0.139. The Morgan fingerprint density at radius 3 is 2.76 bits per heavy atom. The van der Waals surface area contributed by atoms with Crippen LogP contribution < -0.4 is 0 Å². The van der Waals surface area contributed by atoms with E-state index in [0.717, 1.165) is 10.0 Å². The number of halogens is 1. The van der Waals surface area contributed by atoms with Crippen LogP contribution in [-0.4, -0.2) is 36.0 Å². The summed E-state index contributed by atoms with van der Waals surface area (Å²) in [6.45, 7) is 0.517. The fraction of sp³-hybridized carbons (Fsp3) is 0.417. The van der Waals surface area contributed by atoms with Gasteiger partial charge < -0.3 is 14.9 Å². The molecule has 0 radical (unpaired) electrons. The Balaban J connectivity index is 2.63. The molecule has 0 saturated heterocycles. The molecule has 0 aliphatic heterocycles. The number of ether oxygens (including phenoxy) is 1. The van der Waals surface area contributed by atoms with Crippen LogP contribution in [-0.2, 0) is 9.53 Å². The molecule has 1 rings (SSSR count). The molecule has 0 aliphatic carbocycles. The molecule has 17 heavy (non-hydrogen) atoms. The summed E-state index contributed by atoms with van der Waals surface area (Å²) in [6, 6.07) is 7.25. The van der Waals surface area contributed by atoms with Crippen LogP contribution in [0.15, 0.2) is 28.7 Å². The third kappa shape index (κ3) is 4.85. The van der Waals surface area contributed by atoms with Crippen molar-refractivity contribution in [2.24, 2.45) is 0 Å². The van der Waals surface area contributed by atoms with E-state index in [9.17, 15) is 4.79 Å². The highest BCUT2D eigenvalue weighted by molar-refractivity contribution is 9.10. The van der Waals surface area contributed by atoms with E-state index in [4.69, 9.17) is 14.9 Å². The number of aliphatic hydroxyl groups is 1. The molecule has 0 spiro atoms. The molecule has 1 aromatic carbocycles. The zero-order valence-corrected chi connectivity index (χ0v) is 10.9. The summed E-state index contributed by atoms with van der Waals surface area (Å²) in [5, 5.41) is 17.7. The summed E-state index contributed by atoms with van der Waals surface area (Å²) in [6.07, 6.45) is 0.395. The molecular weight excluding hydrogens is 288 g/mol. The van der Waals surface area contributed by atoms with Gasteiger partial charge in [0.05, 0.1) is 19.1 Å². The highest BCUT2D eigenvalue weighted by Crippen LogP contribution is 2.23. The lowest BCUT2D eigenvalue weighted by atomic mass is 9.96. The molecule has 5 heteroatoms. The van der Waals surface area contributed by atoms with Gasteiger partial charge in [0, 0.05) is 11.1 Å². The maximum atomic E-state index is 11.2. The number of aliphatic carboxylic acids is 1. The Kier molecular flexibility index (Phi) is 6.18. The molecule has 0 saturated carbocycles. The van der Waals surface area contributed by atoms with Gasteiger partial charge in [-0.25, -0.2) is 0 Å². The highest BCUT2D eigenvalue weighted by Gasteiger charge is 2.19.